The first-order valence-electron chi connectivity index (χ1n) is 17.5. The molecule has 0 saturated carbocycles. The summed E-state index contributed by atoms with van der Waals surface area (Å²) in [7, 11) is 0. The lowest BCUT2D eigenvalue weighted by molar-refractivity contribution is 1.17. The van der Waals surface area contributed by atoms with Crippen molar-refractivity contribution < 1.29 is 0 Å². The van der Waals surface area contributed by atoms with E-state index in [2.05, 4.69) is 202 Å². The maximum absolute atomic E-state index is 2.45. The van der Waals surface area contributed by atoms with Gasteiger partial charge in [0.1, 0.15) is 0 Å². The van der Waals surface area contributed by atoms with Crippen molar-refractivity contribution >= 4 is 65.4 Å². The normalized spacial score (nSPS) is 11.9. The molecule has 0 aliphatic heterocycles. The van der Waals surface area contributed by atoms with Crippen molar-refractivity contribution in [3.63, 3.8) is 0 Å². The van der Waals surface area contributed by atoms with Gasteiger partial charge in [-0.15, -0.1) is 0 Å². The largest absolute Gasteiger partial charge is 0.309 e. The Labute approximate surface area is 294 Å². The van der Waals surface area contributed by atoms with E-state index in [0.29, 0.717) is 0 Å². The molecule has 3 heteroatoms. The number of hydrogen-bond donors (Lipinski definition) is 0. The second-order valence-electron chi connectivity index (χ2n) is 13.4. The Bertz CT molecular complexity index is 3120. The first-order valence-corrected chi connectivity index (χ1v) is 17.5. The summed E-state index contributed by atoms with van der Waals surface area (Å²) in [6.07, 6.45) is 0. The molecular formula is C48H31N3. The minimum Gasteiger partial charge on any atom is -0.309 e. The Morgan fingerprint density at radius 1 is 0.216 bits per heavy atom. The summed E-state index contributed by atoms with van der Waals surface area (Å²) in [6, 6.07) is 68.5. The van der Waals surface area contributed by atoms with Crippen LogP contribution in [0.1, 0.15) is 0 Å². The van der Waals surface area contributed by atoms with E-state index in [1.54, 1.807) is 0 Å². The van der Waals surface area contributed by atoms with Gasteiger partial charge >= 0.3 is 0 Å². The number of para-hydroxylation sites is 5. The van der Waals surface area contributed by atoms with E-state index in [1.165, 1.54) is 87.9 Å². The van der Waals surface area contributed by atoms with Crippen molar-refractivity contribution in [1.82, 2.24) is 13.7 Å². The SMILES string of the molecule is c1ccc(-n2c3ccccc3c3cc(-c4ccc5c6ccccc6n(-c6ccc7c(c6)c6ccccc6n7-c6ccccc6)c5c4)ccc32)cc1. The number of hydrogen-bond acceptors (Lipinski definition) is 0. The van der Waals surface area contributed by atoms with Crippen molar-refractivity contribution in [2.45, 2.75) is 0 Å². The zero-order chi connectivity index (χ0) is 33.5. The summed E-state index contributed by atoms with van der Waals surface area (Å²) >= 11 is 0. The van der Waals surface area contributed by atoms with Crippen LogP contribution in [-0.2, 0) is 0 Å². The quantitative estimate of drug-likeness (QED) is 0.180. The highest BCUT2D eigenvalue weighted by molar-refractivity contribution is 6.14. The molecule has 0 fully saturated rings. The van der Waals surface area contributed by atoms with Crippen LogP contribution in [0.2, 0.25) is 0 Å². The highest BCUT2D eigenvalue weighted by Gasteiger charge is 2.18. The molecule has 3 heterocycles. The van der Waals surface area contributed by atoms with Gasteiger partial charge in [-0.3, -0.25) is 0 Å². The number of fused-ring (bicyclic) bond motifs is 9. The van der Waals surface area contributed by atoms with Gasteiger partial charge in [-0.05, 0) is 90.0 Å². The van der Waals surface area contributed by atoms with Crippen LogP contribution in [0, 0.1) is 0 Å². The Balaban J connectivity index is 1.13. The molecule has 3 aromatic heterocycles. The molecule has 0 unspecified atom stereocenters. The Kier molecular flexibility index (Phi) is 5.96. The molecule has 0 amide bonds. The van der Waals surface area contributed by atoms with Crippen LogP contribution in [0.3, 0.4) is 0 Å². The van der Waals surface area contributed by atoms with Crippen LogP contribution in [0.25, 0.3) is 93.6 Å². The fourth-order valence-electron chi connectivity index (χ4n) is 8.39. The molecule has 0 aliphatic carbocycles. The van der Waals surface area contributed by atoms with Crippen molar-refractivity contribution in [1.29, 1.82) is 0 Å². The molecule has 3 nitrogen and oxygen atoms in total. The third kappa shape index (κ3) is 4.12. The van der Waals surface area contributed by atoms with Gasteiger partial charge in [0.25, 0.3) is 0 Å². The molecule has 238 valence electrons. The number of benzene rings is 8. The Morgan fingerprint density at radius 3 is 1.20 bits per heavy atom. The van der Waals surface area contributed by atoms with Crippen LogP contribution in [-0.4, -0.2) is 13.7 Å². The summed E-state index contributed by atoms with van der Waals surface area (Å²) in [5, 5.41) is 7.52. The number of aromatic nitrogens is 3. The second-order valence-corrected chi connectivity index (χ2v) is 13.4. The Morgan fingerprint density at radius 2 is 0.608 bits per heavy atom. The molecule has 11 rings (SSSR count). The fourth-order valence-corrected chi connectivity index (χ4v) is 8.39. The zero-order valence-electron chi connectivity index (χ0n) is 27.7. The number of nitrogens with zero attached hydrogens (tertiary/aromatic N) is 3. The van der Waals surface area contributed by atoms with Gasteiger partial charge in [0.15, 0.2) is 0 Å². The van der Waals surface area contributed by atoms with Gasteiger partial charge in [-0.25, -0.2) is 0 Å². The highest BCUT2D eigenvalue weighted by atomic mass is 15.0. The van der Waals surface area contributed by atoms with Crippen LogP contribution in [0.15, 0.2) is 188 Å². The fraction of sp³-hybridized carbons (Fsp3) is 0. The molecule has 8 aromatic carbocycles. The maximum Gasteiger partial charge on any atom is 0.0547 e. The predicted octanol–water partition coefficient (Wildman–Crippen LogP) is 12.6. The predicted molar refractivity (Wildman–Crippen MR) is 215 cm³/mol. The van der Waals surface area contributed by atoms with E-state index in [-0.39, 0.29) is 0 Å². The molecular weight excluding hydrogens is 619 g/mol. The maximum atomic E-state index is 2.45. The molecule has 11 aromatic rings. The van der Waals surface area contributed by atoms with Gasteiger partial charge < -0.3 is 13.7 Å². The van der Waals surface area contributed by atoms with Crippen LogP contribution >= 0.6 is 0 Å². The first-order chi connectivity index (χ1) is 25.3. The lowest BCUT2D eigenvalue weighted by Gasteiger charge is -2.11. The molecule has 0 bridgehead atoms. The monoisotopic (exact) mass is 649 g/mol. The van der Waals surface area contributed by atoms with Crippen molar-refractivity contribution in [2.24, 2.45) is 0 Å². The molecule has 0 aliphatic rings. The third-order valence-corrected chi connectivity index (χ3v) is 10.6. The molecule has 0 radical (unpaired) electrons. The van der Waals surface area contributed by atoms with Gasteiger partial charge in [0.05, 0.1) is 33.1 Å². The van der Waals surface area contributed by atoms with Crippen molar-refractivity contribution in [3.05, 3.63) is 188 Å². The lowest BCUT2D eigenvalue weighted by atomic mass is 10.0. The molecule has 51 heavy (non-hydrogen) atoms. The van der Waals surface area contributed by atoms with Crippen molar-refractivity contribution in [2.75, 3.05) is 0 Å². The molecule has 0 atom stereocenters. The van der Waals surface area contributed by atoms with Crippen molar-refractivity contribution in [3.8, 4) is 28.2 Å². The average molecular weight is 650 g/mol. The topological polar surface area (TPSA) is 14.8 Å². The van der Waals surface area contributed by atoms with Crippen LogP contribution in [0.4, 0.5) is 0 Å². The average Bonchev–Trinajstić information content (AvgIpc) is 3.83. The minimum atomic E-state index is 1.16. The summed E-state index contributed by atoms with van der Waals surface area (Å²) in [4.78, 5) is 0. The zero-order valence-corrected chi connectivity index (χ0v) is 27.7. The van der Waals surface area contributed by atoms with E-state index in [4.69, 9.17) is 0 Å². The van der Waals surface area contributed by atoms with Crippen LogP contribution < -0.4 is 0 Å². The van der Waals surface area contributed by atoms with Gasteiger partial charge in [-0.2, -0.15) is 0 Å². The van der Waals surface area contributed by atoms with E-state index in [9.17, 15) is 0 Å². The summed E-state index contributed by atoms with van der Waals surface area (Å²) in [5.41, 5.74) is 13.2. The van der Waals surface area contributed by atoms with E-state index in [1.807, 2.05) is 0 Å². The summed E-state index contributed by atoms with van der Waals surface area (Å²) < 4.78 is 7.20. The molecule has 0 spiro atoms. The second kappa shape index (κ2) is 10.8. The molecule has 0 saturated heterocycles. The Hall–Kier alpha value is -6.84. The smallest absolute Gasteiger partial charge is 0.0547 e. The number of rotatable bonds is 4. The summed E-state index contributed by atoms with van der Waals surface area (Å²) in [5.74, 6) is 0. The van der Waals surface area contributed by atoms with E-state index in [0.717, 1.165) is 5.69 Å². The van der Waals surface area contributed by atoms with Crippen LogP contribution in [0.5, 0.6) is 0 Å². The first kappa shape index (κ1) is 28.0. The summed E-state index contributed by atoms with van der Waals surface area (Å²) in [6.45, 7) is 0. The van der Waals surface area contributed by atoms with E-state index >= 15 is 0 Å². The molecule has 0 N–H and O–H groups in total. The van der Waals surface area contributed by atoms with E-state index < -0.39 is 0 Å². The van der Waals surface area contributed by atoms with Gasteiger partial charge in [0, 0.05) is 49.4 Å². The van der Waals surface area contributed by atoms with Gasteiger partial charge in [-0.1, -0.05) is 109 Å². The highest BCUT2D eigenvalue weighted by Crippen LogP contribution is 2.40. The lowest BCUT2D eigenvalue weighted by Crippen LogP contribution is -1.96. The standard InChI is InChI=1S/C48H31N3/c1-3-13-34(14-4-1)49-44-21-11-8-18-38(44)41-29-32(24-27-46(41)49)33-23-26-40-37-17-7-10-20-43(37)51(48(40)30-33)36-25-28-47-42(31-36)39-19-9-12-22-45(39)50(47)35-15-5-2-6-16-35/h1-31H. The minimum absolute atomic E-state index is 1.16. The third-order valence-electron chi connectivity index (χ3n) is 10.6. The van der Waals surface area contributed by atoms with Gasteiger partial charge in [0.2, 0.25) is 0 Å².